The van der Waals surface area contributed by atoms with Crippen LogP contribution in [0.1, 0.15) is 32.5 Å². The lowest BCUT2D eigenvalue weighted by atomic mass is 10.0. The number of rotatable bonds is 5. The zero-order valence-corrected chi connectivity index (χ0v) is 13.0. The summed E-state index contributed by atoms with van der Waals surface area (Å²) in [6.45, 7) is 7.62. The number of hydrogen-bond acceptors (Lipinski definition) is 3. The molecule has 19 heavy (non-hydrogen) atoms. The van der Waals surface area contributed by atoms with Crippen LogP contribution in [0.4, 0.5) is 5.69 Å². The first kappa shape index (κ1) is 14.3. The van der Waals surface area contributed by atoms with E-state index in [1.54, 1.807) is 0 Å². The van der Waals surface area contributed by atoms with Gasteiger partial charge >= 0.3 is 0 Å². The topological polar surface area (TPSA) is 43.8 Å². The lowest BCUT2D eigenvalue weighted by molar-refractivity contribution is 0.467. The monoisotopic (exact) mass is 277 g/mol. The molecule has 4 heteroatoms. The average molecular weight is 277 g/mol. The molecule has 0 radical (unpaired) electrons. The number of imidazole rings is 1. The fraction of sp³-hybridized carbons (Fsp3) is 0.533. The van der Waals surface area contributed by atoms with E-state index in [4.69, 9.17) is 5.73 Å². The van der Waals surface area contributed by atoms with Crippen LogP contribution >= 0.6 is 11.8 Å². The Bertz CT molecular complexity index is 562. The van der Waals surface area contributed by atoms with Crippen LogP contribution in [0.15, 0.2) is 18.2 Å². The minimum Gasteiger partial charge on any atom is -0.399 e. The molecule has 2 N–H and O–H groups in total. The molecule has 0 aliphatic rings. The molecule has 2 aromatic rings. The molecule has 1 heterocycles. The van der Waals surface area contributed by atoms with Gasteiger partial charge in [-0.3, -0.25) is 0 Å². The summed E-state index contributed by atoms with van der Waals surface area (Å²) in [5.41, 5.74) is 8.80. The highest BCUT2D eigenvalue weighted by atomic mass is 32.2. The fourth-order valence-corrected chi connectivity index (χ4v) is 3.42. The van der Waals surface area contributed by atoms with E-state index >= 15 is 0 Å². The van der Waals surface area contributed by atoms with E-state index in [1.807, 2.05) is 23.9 Å². The SMILES string of the molecule is CCC(CC)(Cn1c(C)nc2cc(N)ccc21)SC. The maximum absolute atomic E-state index is 5.84. The van der Waals surface area contributed by atoms with Gasteiger partial charge in [0.1, 0.15) is 5.82 Å². The van der Waals surface area contributed by atoms with Crippen molar-refractivity contribution >= 4 is 28.5 Å². The summed E-state index contributed by atoms with van der Waals surface area (Å²) in [5.74, 6) is 1.07. The molecule has 0 saturated heterocycles. The van der Waals surface area contributed by atoms with E-state index in [1.165, 1.54) is 18.4 Å². The zero-order chi connectivity index (χ0) is 14.0. The van der Waals surface area contributed by atoms with Crippen LogP contribution in [0.3, 0.4) is 0 Å². The third-order valence-electron chi connectivity index (χ3n) is 4.13. The minimum absolute atomic E-state index is 0.291. The van der Waals surface area contributed by atoms with Crippen LogP contribution in [-0.4, -0.2) is 20.6 Å². The van der Waals surface area contributed by atoms with E-state index in [0.29, 0.717) is 4.75 Å². The Labute approximate surface area is 119 Å². The summed E-state index contributed by atoms with van der Waals surface area (Å²) in [6.07, 6.45) is 4.54. The molecule has 104 valence electrons. The first-order valence-electron chi connectivity index (χ1n) is 6.82. The molecule has 0 saturated carbocycles. The summed E-state index contributed by atoms with van der Waals surface area (Å²) in [6, 6.07) is 6.00. The second-order valence-corrected chi connectivity index (χ2v) is 6.36. The van der Waals surface area contributed by atoms with E-state index in [9.17, 15) is 0 Å². The highest BCUT2D eigenvalue weighted by Gasteiger charge is 2.26. The normalized spacial score (nSPS) is 12.2. The number of benzene rings is 1. The van der Waals surface area contributed by atoms with Gasteiger partial charge in [0.05, 0.1) is 11.0 Å². The number of anilines is 1. The third kappa shape index (κ3) is 2.59. The van der Waals surface area contributed by atoms with Crippen LogP contribution in [0, 0.1) is 6.92 Å². The number of aryl methyl sites for hydroxylation is 1. The van der Waals surface area contributed by atoms with Gasteiger partial charge < -0.3 is 10.3 Å². The molecule has 0 bridgehead atoms. The Kier molecular flexibility index (Phi) is 4.09. The Hall–Kier alpha value is -1.16. The first-order chi connectivity index (χ1) is 9.05. The van der Waals surface area contributed by atoms with Crippen molar-refractivity contribution in [2.24, 2.45) is 0 Å². The smallest absolute Gasteiger partial charge is 0.106 e. The highest BCUT2D eigenvalue weighted by Crippen LogP contribution is 2.34. The van der Waals surface area contributed by atoms with Crippen molar-refractivity contribution in [2.75, 3.05) is 12.0 Å². The van der Waals surface area contributed by atoms with Gasteiger partial charge in [-0.2, -0.15) is 11.8 Å². The van der Waals surface area contributed by atoms with Crippen molar-refractivity contribution in [2.45, 2.75) is 44.9 Å². The third-order valence-corrected chi connectivity index (χ3v) is 5.70. The Balaban J connectivity index is 2.47. The summed E-state index contributed by atoms with van der Waals surface area (Å²) >= 11 is 1.96. The lowest BCUT2D eigenvalue weighted by Gasteiger charge is -2.30. The standard InChI is InChI=1S/C15H23N3S/c1-5-15(6-2,19-4)10-18-11(3)17-13-9-12(16)7-8-14(13)18/h7-9H,5-6,10,16H2,1-4H3. The number of nitrogen functional groups attached to an aromatic ring is 1. The van der Waals surface area contributed by atoms with E-state index in [2.05, 4.69) is 42.6 Å². The molecule has 0 aliphatic heterocycles. The first-order valence-corrected chi connectivity index (χ1v) is 8.05. The van der Waals surface area contributed by atoms with Gasteiger partial charge in [-0.25, -0.2) is 4.98 Å². The number of fused-ring (bicyclic) bond motifs is 1. The Morgan fingerprint density at radius 3 is 2.58 bits per heavy atom. The molecule has 0 atom stereocenters. The number of hydrogen-bond donors (Lipinski definition) is 1. The second kappa shape index (κ2) is 5.45. The van der Waals surface area contributed by atoms with Gasteiger partial charge in [-0.15, -0.1) is 0 Å². The van der Waals surface area contributed by atoms with Crippen LogP contribution < -0.4 is 5.73 Å². The van der Waals surface area contributed by atoms with Gasteiger partial charge in [0.2, 0.25) is 0 Å². The number of nitrogens with zero attached hydrogens (tertiary/aromatic N) is 2. The second-order valence-electron chi connectivity index (χ2n) is 5.09. The maximum atomic E-state index is 5.84. The summed E-state index contributed by atoms with van der Waals surface area (Å²) < 4.78 is 2.62. The van der Waals surface area contributed by atoms with E-state index in [0.717, 1.165) is 23.6 Å². The molecule has 0 aliphatic carbocycles. The summed E-state index contributed by atoms with van der Waals surface area (Å²) in [5, 5.41) is 0. The van der Waals surface area contributed by atoms with Crippen molar-refractivity contribution in [3.63, 3.8) is 0 Å². The molecule has 0 amide bonds. The number of aromatic nitrogens is 2. The summed E-state index contributed by atoms with van der Waals surface area (Å²) in [4.78, 5) is 4.63. The largest absolute Gasteiger partial charge is 0.399 e. The molecule has 1 aromatic carbocycles. The molecular weight excluding hydrogens is 254 g/mol. The molecular formula is C15H23N3S. The number of nitrogens with two attached hydrogens (primary N) is 1. The Morgan fingerprint density at radius 2 is 2.00 bits per heavy atom. The predicted molar refractivity (Wildman–Crippen MR) is 85.7 cm³/mol. The van der Waals surface area contributed by atoms with Crippen LogP contribution in [0.2, 0.25) is 0 Å². The van der Waals surface area contributed by atoms with Gasteiger partial charge in [-0.05, 0) is 44.2 Å². The van der Waals surface area contributed by atoms with Crippen LogP contribution in [0.5, 0.6) is 0 Å². The molecule has 2 rings (SSSR count). The highest BCUT2D eigenvalue weighted by molar-refractivity contribution is 8.00. The van der Waals surface area contributed by atoms with Gasteiger partial charge in [0.15, 0.2) is 0 Å². The van der Waals surface area contributed by atoms with Crippen molar-refractivity contribution in [3.05, 3.63) is 24.0 Å². The van der Waals surface area contributed by atoms with Crippen molar-refractivity contribution in [1.82, 2.24) is 9.55 Å². The van der Waals surface area contributed by atoms with Gasteiger partial charge in [0.25, 0.3) is 0 Å². The molecule has 1 aromatic heterocycles. The van der Waals surface area contributed by atoms with Gasteiger partial charge in [-0.1, -0.05) is 13.8 Å². The van der Waals surface area contributed by atoms with Crippen molar-refractivity contribution in [3.8, 4) is 0 Å². The molecule has 0 fully saturated rings. The van der Waals surface area contributed by atoms with E-state index < -0.39 is 0 Å². The molecule has 3 nitrogen and oxygen atoms in total. The Morgan fingerprint density at radius 1 is 1.32 bits per heavy atom. The fourth-order valence-electron chi connectivity index (χ4n) is 2.58. The average Bonchev–Trinajstić information content (AvgIpc) is 2.71. The van der Waals surface area contributed by atoms with Crippen LogP contribution in [-0.2, 0) is 6.54 Å². The van der Waals surface area contributed by atoms with Crippen molar-refractivity contribution in [1.29, 1.82) is 0 Å². The maximum Gasteiger partial charge on any atom is 0.106 e. The lowest BCUT2D eigenvalue weighted by Crippen LogP contribution is -2.29. The van der Waals surface area contributed by atoms with Crippen LogP contribution in [0.25, 0.3) is 11.0 Å². The van der Waals surface area contributed by atoms with Crippen molar-refractivity contribution < 1.29 is 0 Å². The molecule has 0 unspecified atom stereocenters. The zero-order valence-electron chi connectivity index (χ0n) is 12.2. The molecule has 0 spiro atoms. The predicted octanol–water partition coefficient (Wildman–Crippen LogP) is 3.85. The number of thioether (sulfide) groups is 1. The quantitative estimate of drug-likeness (QED) is 0.844. The van der Waals surface area contributed by atoms with Gasteiger partial charge in [0, 0.05) is 17.0 Å². The minimum atomic E-state index is 0.291. The summed E-state index contributed by atoms with van der Waals surface area (Å²) in [7, 11) is 0. The van der Waals surface area contributed by atoms with E-state index in [-0.39, 0.29) is 0 Å².